The fourth-order valence-corrected chi connectivity index (χ4v) is 3.29. The predicted octanol–water partition coefficient (Wildman–Crippen LogP) is 1.91. The van der Waals surface area contributed by atoms with Crippen molar-refractivity contribution in [3.8, 4) is 0 Å². The highest BCUT2D eigenvalue weighted by atomic mass is 32.1. The smallest absolute Gasteiger partial charge is 0.241 e. The van der Waals surface area contributed by atoms with E-state index in [-0.39, 0.29) is 24.2 Å². The van der Waals surface area contributed by atoms with Gasteiger partial charge in [-0.15, -0.1) is 11.3 Å². The van der Waals surface area contributed by atoms with Gasteiger partial charge in [0.25, 0.3) is 0 Å². The molecule has 1 amide bonds. The van der Waals surface area contributed by atoms with Gasteiger partial charge in [0.15, 0.2) is 0 Å². The molecule has 1 aliphatic heterocycles. The van der Waals surface area contributed by atoms with Crippen molar-refractivity contribution in [3.63, 3.8) is 0 Å². The highest BCUT2D eigenvalue weighted by molar-refractivity contribution is 7.12. The summed E-state index contributed by atoms with van der Waals surface area (Å²) < 4.78 is 5.17. The molecule has 2 heterocycles. The molecule has 0 aromatic carbocycles. The molecule has 100 valence electrons. The van der Waals surface area contributed by atoms with E-state index in [0.29, 0.717) is 6.61 Å². The van der Waals surface area contributed by atoms with Crippen LogP contribution >= 0.6 is 11.3 Å². The Hall–Kier alpha value is -0.910. The Balaban J connectivity index is 2.24. The summed E-state index contributed by atoms with van der Waals surface area (Å²) in [6.45, 7) is 6.57. The van der Waals surface area contributed by atoms with Crippen LogP contribution in [0.4, 0.5) is 0 Å². The van der Waals surface area contributed by atoms with Crippen molar-refractivity contribution in [3.05, 3.63) is 21.9 Å². The molecule has 1 aliphatic rings. The van der Waals surface area contributed by atoms with Gasteiger partial charge in [-0.1, -0.05) is 0 Å². The lowest BCUT2D eigenvalue weighted by Crippen LogP contribution is -2.40. The number of thiophene rings is 1. The van der Waals surface area contributed by atoms with Crippen molar-refractivity contribution >= 4 is 17.2 Å². The Morgan fingerprint density at radius 2 is 2.28 bits per heavy atom. The average Bonchev–Trinajstić information content (AvgIpc) is 2.85. The average molecular weight is 268 g/mol. The number of hydrogen-bond donors (Lipinski definition) is 1. The maximum atomic E-state index is 12.2. The molecule has 2 rings (SSSR count). The molecule has 0 radical (unpaired) electrons. The highest BCUT2D eigenvalue weighted by Crippen LogP contribution is 2.31. The van der Waals surface area contributed by atoms with Gasteiger partial charge < -0.3 is 9.64 Å². The molecule has 1 saturated heterocycles. The molecule has 5 heteroatoms. The second-order valence-electron chi connectivity index (χ2n) is 4.79. The van der Waals surface area contributed by atoms with Crippen LogP contribution in [0.15, 0.2) is 12.1 Å². The van der Waals surface area contributed by atoms with Gasteiger partial charge >= 0.3 is 0 Å². The van der Waals surface area contributed by atoms with Crippen LogP contribution in [0.1, 0.15) is 29.8 Å². The van der Waals surface area contributed by atoms with E-state index in [1.54, 1.807) is 18.4 Å². The number of methoxy groups -OCH3 is 1. The Labute approximate surface area is 112 Å². The molecule has 1 N–H and O–H groups in total. The van der Waals surface area contributed by atoms with E-state index in [1.807, 2.05) is 18.7 Å². The number of nitrogens with zero attached hydrogens (tertiary/aromatic N) is 1. The molecule has 0 bridgehead atoms. The first-order valence-corrected chi connectivity index (χ1v) is 6.99. The molecule has 1 aromatic rings. The summed E-state index contributed by atoms with van der Waals surface area (Å²) in [6.07, 6.45) is -0.0173. The molecule has 1 aromatic heterocycles. The zero-order chi connectivity index (χ0) is 13.3. The second kappa shape index (κ2) is 5.38. The van der Waals surface area contributed by atoms with E-state index in [2.05, 4.69) is 24.4 Å². The molecule has 0 saturated carbocycles. The topological polar surface area (TPSA) is 41.6 Å². The van der Waals surface area contributed by atoms with Gasteiger partial charge in [0.2, 0.25) is 5.91 Å². The number of amides is 1. The lowest BCUT2D eigenvalue weighted by Gasteiger charge is -2.29. The minimum Gasteiger partial charge on any atom is -0.383 e. The number of carbonyl (C=O) groups is 1. The van der Waals surface area contributed by atoms with Crippen LogP contribution in [-0.4, -0.2) is 36.6 Å². The summed E-state index contributed by atoms with van der Waals surface area (Å²) in [7, 11) is 1.66. The summed E-state index contributed by atoms with van der Waals surface area (Å²) in [5.41, 5.74) is 0. The SMILES string of the molecule is COCC(C)N1C(=O)C(C)NC1c1ccc(C)s1. The van der Waals surface area contributed by atoms with Gasteiger partial charge in [0.1, 0.15) is 6.17 Å². The van der Waals surface area contributed by atoms with E-state index in [9.17, 15) is 4.79 Å². The minimum absolute atomic E-state index is 0.0173. The van der Waals surface area contributed by atoms with Gasteiger partial charge in [-0.3, -0.25) is 10.1 Å². The van der Waals surface area contributed by atoms with E-state index in [4.69, 9.17) is 4.74 Å². The monoisotopic (exact) mass is 268 g/mol. The number of ether oxygens (including phenoxy) is 1. The fourth-order valence-electron chi connectivity index (χ4n) is 2.35. The molecule has 18 heavy (non-hydrogen) atoms. The van der Waals surface area contributed by atoms with Crippen LogP contribution in [0.5, 0.6) is 0 Å². The molecular weight excluding hydrogens is 248 g/mol. The largest absolute Gasteiger partial charge is 0.383 e. The quantitative estimate of drug-likeness (QED) is 0.907. The van der Waals surface area contributed by atoms with Gasteiger partial charge in [0, 0.05) is 16.9 Å². The first kappa shape index (κ1) is 13.5. The van der Waals surface area contributed by atoms with E-state index >= 15 is 0 Å². The maximum absolute atomic E-state index is 12.2. The Morgan fingerprint density at radius 3 is 2.83 bits per heavy atom. The van der Waals surface area contributed by atoms with Crippen molar-refractivity contribution in [1.82, 2.24) is 10.2 Å². The fraction of sp³-hybridized carbons (Fsp3) is 0.615. The molecule has 0 spiro atoms. The van der Waals surface area contributed by atoms with Crippen LogP contribution in [-0.2, 0) is 9.53 Å². The Kier molecular flexibility index (Phi) is 4.04. The third-order valence-electron chi connectivity index (χ3n) is 3.22. The van der Waals surface area contributed by atoms with Crippen molar-refractivity contribution in [1.29, 1.82) is 0 Å². The Morgan fingerprint density at radius 1 is 1.56 bits per heavy atom. The highest BCUT2D eigenvalue weighted by Gasteiger charge is 2.40. The van der Waals surface area contributed by atoms with Crippen LogP contribution in [0, 0.1) is 6.92 Å². The van der Waals surface area contributed by atoms with Crippen molar-refractivity contribution in [2.24, 2.45) is 0 Å². The Bertz CT molecular complexity index is 432. The maximum Gasteiger partial charge on any atom is 0.241 e. The van der Waals surface area contributed by atoms with Gasteiger partial charge in [-0.05, 0) is 32.9 Å². The zero-order valence-corrected chi connectivity index (χ0v) is 12.1. The second-order valence-corrected chi connectivity index (χ2v) is 6.11. The molecule has 1 fully saturated rings. The standard InChI is InChI=1S/C13H20N2O2S/c1-8(7-17-4)15-12(14-10(3)13(15)16)11-6-5-9(2)18-11/h5-6,8,10,12,14H,7H2,1-4H3. The first-order valence-electron chi connectivity index (χ1n) is 6.18. The summed E-state index contributed by atoms with van der Waals surface area (Å²) >= 11 is 1.73. The number of aryl methyl sites for hydroxylation is 1. The number of nitrogens with one attached hydrogen (secondary N) is 1. The molecule has 0 aliphatic carbocycles. The van der Waals surface area contributed by atoms with Crippen LogP contribution < -0.4 is 5.32 Å². The van der Waals surface area contributed by atoms with Crippen molar-refractivity contribution in [2.75, 3.05) is 13.7 Å². The van der Waals surface area contributed by atoms with Gasteiger partial charge in [0.05, 0.1) is 18.7 Å². The zero-order valence-electron chi connectivity index (χ0n) is 11.3. The van der Waals surface area contributed by atoms with Gasteiger partial charge in [-0.2, -0.15) is 0 Å². The lowest BCUT2D eigenvalue weighted by molar-refractivity contribution is -0.132. The van der Waals surface area contributed by atoms with Crippen LogP contribution in [0.2, 0.25) is 0 Å². The molecular formula is C13H20N2O2S. The number of carbonyl (C=O) groups excluding carboxylic acids is 1. The van der Waals surface area contributed by atoms with Crippen LogP contribution in [0.3, 0.4) is 0 Å². The van der Waals surface area contributed by atoms with Crippen LogP contribution in [0.25, 0.3) is 0 Å². The van der Waals surface area contributed by atoms with E-state index in [1.165, 1.54) is 9.75 Å². The third kappa shape index (κ3) is 2.43. The summed E-state index contributed by atoms with van der Waals surface area (Å²) in [5, 5.41) is 3.35. The first-order chi connectivity index (χ1) is 8.54. The van der Waals surface area contributed by atoms with E-state index in [0.717, 1.165) is 0 Å². The van der Waals surface area contributed by atoms with E-state index < -0.39 is 0 Å². The third-order valence-corrected chi connectivity index (χ3v) is 4.28. The molecule has 4 nitrogen and oxygen atoms in total. The molecule has 3 atom stereocenters. The lowest BCUT2D eigenvalue weighted by atomic mass is 10.2. The molecule has 3 unspecified atom stereocenters. The summed E-state index contributed by atoms with van der Waals surface area (Å²) in [6, 6.07) is 4.13. The van der Waals surface area contributed by atoms with Crippen molar-refractivity contribution < 1.29 is 9.53 Å². The summed E-state index contributed by atoms with van der Waals surface area (Å²) in [5.74, 6) is 0.149. The number of hydrogen-bond acceptors (Lipinski definition) is 4. The normalized spacial score (nSPS) is 25.8. The van der Waals surface area contributed by atoms with Crippen molar-refractivity contribution in [2.45, 2.75) is 39.0 Å². The van der Waals surface area contributed by atoms with Gasteiger partial charge in [-0.25, -0.2) is 0 Å². The summed E-state index contributed by atoms with van der Waals surface area (Å²) in [4.78, 5) is 16.6. The minimum atomic E-state index is -0.128. The number of rotatable bonds is 4. The predicted molar refractivity (Wildman–Crippen MR) is 72.6 cm³/mol.